The summed E-state index contributed by atoms with van der Waals surface area (Å²) in [6, 6.07) is 5.35. The number of rotatable bonds is 5. The second kappa shape index (κ2) is 6.79. The third-order valence-electron chi connectivity index (χ3n) is 5.50. The molecule has 2 fully saturated rings. The molecule has 2 amide bonds. The predicted molar refractivity (Wildman–Crippen MR) is 91.3 cm³/mol. The predicted octanol–water partition coefficient (Wildman–Crippen LogP) is 1.80. The van der Waals surface area contributed by atoms with Crippen LogP contribution in [-0.2, 0) is 19.1 Å². The Morgan fingerprint density at radius 2 is 1.92 bits per heavy atom. The van der Waals surface area contributed by atoms with E-state index in [0.29, 0.717) is 0 Å². The molecular formula is C19H23FN2O4. The van der Waals surface area contributed by atoms with Crippen molar-refractivity contribution in [2.24, 2.45) is 11.8 Å². The van der Waals surface area contributed by atoms with Gasteiger partial charge in [-0.25, -0.2) is 4.39 Å². The minimum atomic E-state index is -1.34. The standard InChI is InChI=1S/C19H23FN2O4/c1-4-19(18(25)26-6-3)14-13(16(23)22(5-2)17(14)24)15(21-19)11-9-7-8-10-12(11)20/h7-10,13-15,21H,4-6H2,1-3H3/t13-,14-,15+,19+/m0/s1. The van der Waals surface area contributed by atoms with E-state index in [0.717, 1.165) is 4.90 Å². The zero-order chi connectivity index (χ0) is 19.1. The van der Waals surface area contributed by atoms with E-state index in [-0.39, 0.29) is 31.0 Å². The number of halogens is 1. The number of hydrogen-bond acceptors (Lipinski definition) is 5. The maximum Gasteiger partial charge on any atom is 0.327 e. The molecule has 0 radical (unpaired) electrons. The normalized spacial score (nSPS) is 30.6. The van der Waals surface area contributed by atoms with E-state index < -0.39 is 41.1 Å². The number of imide groups is 1. The molecule has 0 unspecified atom stereocenters. The maximum atomic E-state index is 14.4. The third kappa shape index (κ3) is 2.45. The summed E-state index contributed by atoms with van der Waals surface area (Å²) in [6.07, 6.45) is 0.258. The van der Waals surface area contributed by atoms with Crippen LogP contribution < -0.4 is 5.32 Å². The van der Waals surface area contributed by atoms with Crippen LogP contribution in [0.15, 0.2) is 24.3 Å². The Kier molecular flexibility index (Phi) is 4.84. The second-order valence-electron chi connectivity index (χ2n) is 6.61. The fourth-order valence-corrected chi connectivity index (χ4v) is 4.28. The summed E-state index contributed by atoms with van der Waals surface area (Å²) in [4.78, 5) is 39.8. The molecule has 26 heavy (non-hydrogen) atoms. The molecule has 6 nitrogen and oxygen atoms in total. The van der Waals surface area contributed by atoms with Crippen LogP contribution in [0.1, 0.15) is 38.8 Å². The summed E-state index contributed by atoms with van der Waals surface area (Å²) in [6.45, 7) is 5.53. The Balaban J connectivity index is 2.15. The van der Waals surface area contributed by atoms with Crippen molar-refractivity contribution in [2.75, 3.05) is 13.2 Å². The lowest BCUT2D eigenvalue weighted by Gasteiger charge is -2.31. The summed E-state index contributed by atoms with van der Waals surface area (Å²) in [7, 11) is 0. The summed E-state index contributed by atoms with van der Waals surface area (Å²) in [5, 5.41) is 3.12. The highest BCUT2D eigenvalue weighted by Gasteiger charge is 2.68. The van der Waals surface area contributed by atoms with Crippen molar-refractivity contribution in [1.29, 1.82) is 0 Å². The number of hydrogen-bond donors (Lipinski definition) is 1. The Bertz CT molecular complexity index is 753. The zero-order valence-electron chi connectivity index (χ0n) is 15.1. The topological polar surface area (TPSA) is 75.7 Å². The van der Waals surface area contributed by atoms with Crippen molar-refractivity contribution >= 4 is 17.8 Å². The first-order valence-electron chi connectivity index (χ1n) is 8.97. The minimum Gasteiger partial charge on any atom is -0.465 e. The van der Waals surface area contributed by atoms with E-state index in [9.17, 15) is 18.8 Å². The van der Waals surface area contributed by atoms with Crippen molar-refractivity contribution in [3.8, 4) is 0 Å². The number of amides is 2. The number of ether oxygens (including phenoxy) is 1. The quantitative estimate of drug-likeness (QED) is 0.639. The van der Waals surface area contributed by atoms with E-state index in [1.54, 1.807) is 39.0 Å². The molecule has 2 heterocycles. The van der Waals surface area contributed by atoms with E-state index in [1.165, 1.54) is 6.07 Å². The Hall–Kier alpha value is -2.28. The number of benzene rings is 1. The van der Waals surface area contributed by atoms with Gasteiger partial charge in [0.1, 0.15) is 11.4 Å². The van der Waals surface area contributed by atoms with E-state index >= 15 is 0 Å². The first kappa shape index (κ1) is 18.5. The lowest BCUT2D eigenvalue weighted by molar-refractivity contribution is -0.156. The molecule has 0 aliphatic carbocycles. The van der Waals surface area contributed by atoms with E-state index in [2.05, 4.69) is 5.32 Å². The molecular weight excluding hydrogens is 339 g/mol. The lowest BCUT2D eigenvalue weighted by Crippen LogP contribution is -2.56. The fraction of sp³-hybridized carbons (Fsp3) is 0.526. The Morgan fingerprint density at radius 1 is 1.23 bits per heavy atom. The summed E-state index contributed by atoms with van der Waals surface area (Å²) < 4.78 is 19.7. The van der Waals surface area contributed by atoms with Gasteiger partial charge in [0.15, 0.2) is 0 Å². The molecule has 0 saturated carbocycles. The Morgan fingerprint density at radius 3 is 2.50 bits per heavy atom. The van der Waals surface area contributed by atoms with Crippen LogP contribution in [0.2, 0.25) is 0 Å². The smallest absolute Gasteiger partial charge is 0.327 e. The number of nitrogens with zero attached hydrogens (tertiary/aromatic N) is 1. The van der Waals surface area contributed by atoms with Crippen molar-refractivity contribution in [2.45, 2.75) is 38.8 Å². The van der Waals surface area contributed by atoms with Gasteiger partial charge in [0.25, 0.3) is 0 Å². The molecule has 3 rings (SSSR count). The number of carbonyl (C=O) groups is 3. The fourth-order valence-electron chi connectivity index (χ4n) is 4.28. The van der Waals surface area contributed by atoms with Crippen molar-refractivity contribution < 1.29 is 23.5 Å². The number of fused-ring (bicyclic) bond motifs is 1. The molecule has 140 valence electrons. The van der Waals surface area contributed by atoms with Gasteiger partial charge < -0.3 is 4.74 Å². The van der Waals surface area contributed by atoms with Crippen molar-refractivity contribution in [1.82, 2.24) is 10.2 Å². The molecule has 4 atom stereocenters. The highest BCUT2D eigenvalue weighted by molar-refractivity contribution is 6.09. The average Bonchev–Trinajstić information content (AvgIpc) is 3.10. The Labute approximate surface area is 151 Å². The van der Waals surface area contributed by atoms with Gasteiger partial charge in [0, 0.05) is 18.2 Å². The van der Waals surface area contributed by atoms with Crippen molar-refractivity contribution in [3.63, 3.8) is 0 Å². The molecule has 0 bridgehead atoms. The van der Waals surface area contributed by atoms with Gasteiger partial charge in [-0.05, 0) is 26.3 Å². The van der Waals surface area contributed by atoms with Crippen LogP contribution in [0.25, 0.3) is 0 Å². The lowest BCUT2D eigenvalue weighted by atomic mass is 9.78. The van der Waals surface area contributed by atoms with Gasteiger partial charge in [-0.1, -0.05) is 25.1 Å². The van der Waals surface area contributed by atoms with Crippen LogP contribution in [0.5, 0.6) is 0 Å². The van der Waals surface area contributed by atoms with Crippen LogP contribution >= 0.6 is 0 Å². The molecule has 0 aromatic heterocycles. The number of nitrogens with one attached hydrogen (secondary N) is 1. The van der Waals surface area contributed by atoms with Crippen LogP contribution in [0.3, 0.4) is 0 Å². The number of likely N-dealkylation sites (tertiary alicyclic amines) is 1. The molecule has 1 N–H and O–H groups in total. The highest BCUT2D eigenvalue weighted by atomic mass is 19.1. The minimum absolute atomic E-state index is 0.156. The highest BCUT2D eigenvalue weighted by Crippen LogP contribution is 2.50. The molecule has 2 aliphatic rings. The van der Waals surface area contributed by atoms with Gasteiger partial charge >= 0.3 is 5.97 Å². The van der Waals surface area contributed by atoms with Crippen LogP contribution in [-0.4, -0.2) is 41.4 Å². The van der Waals surface area contributed by atoms with Gasteiger partial charge in [-0.3, -0.25) is 24.6 Å². The van der Waals surface area contributed by atoms with Crippen LogP contribution in [0, 0.1) is 17.7 Å². The molecule has 1 aromatic carbocycles. The maximum absolute atomic E-state index is 14.4. The number of esters is 1. The van der Waals surface area contributed by atoms with Gasteiger partial charge in [0.2, 0.25) is 11.8 Å². The first-order chi connectivity index (χ1) is 12.4. The third-order valence-corrected chi connectivity index (χ3v) is 5.50. The van der Waals surface area contributed by atoms with E-state index in [1.807, 2.05) is 0 Å². The zero-order valence-corrected chi connectivity index (χ0v) is 15.1. The molecule has 7 heteroatoms. The van der Waals surface area contributed by atoms with Gasteiger partial charge in [0.05, 0.1) is 18.4 Å². The SMILES string of the molecule is CCOC(=O)[C@]1(CC)N[C@H](c2ccccc2F)[C@H]2C(=O)N(CC)C(=O)[C@H]21. The largest absolute Gasteiger partial charge is 0.465 e. The van der Waals surface area contributed by atoms with Crippen molar-refractivity contribution in [3.05, 3.63) is 35.6 Å². The molecule has 1 aromatic rings. The molecule has 0 spiro atoms. The van der Waals surface area contributed by atoms with Gasteiger partial charge in [-0.2, -0.15) is 0 Å². The van der Waals surface area contributed by atoms with Gasteiger partial charge in [-0.15, -0.1) is 0 Å². The molecule has 2 saturated heterocycles. The second-order valence-corrected chi connectivity index (χ2v) is 6.61. The summed E-state index contributed by atoms with van der Waals surface area (Å²) in [5.41, 5.74) is -1.06. The first-order valence-corrected chi connectivity index (χ1v) is 8.97. The summed E-state index contributed by atoms with van der Waals surface area (Å²) in [5.74, 6) is -3.55. The number of carbonyl (C=O) groups excluding carboxylic acids is 3. The average molecular weight is 362 g/mol. The summed E-state index contributed by atoms with van der Waals surface area (Å²) >= 11 is 0. The molecule has 2 aliphatic heterocycles. The monoisotopic (exact) mass is 362 g/mol. The van der Waals surface area contributed by atoms with E-state index in [4.69, 9.17) is 4.74 Å². The van der Waals surface area contributed by atoms with Crippen LogP contribution in [0.4, 0.5) is 4.39 Å².